The molecule has 2 aromatic rings. The Kier molecular flexibility index (Phi) is 2.51. The fourth-order valence-electron chi connectivity index (χ4n) is 2.06. The third-order valence-electron chi connectivity index (χ3n) is 3.41. The van der Waals surface area contributed by atoms with E-state index in [4.69, 9.17) is 10.2 Å². The average molecular weight is 284 g/mol. The third kappa shape index (κ3) is 1.99. The minimum absolute atomic E-state index is 0.102. The molecule has 0 aliphatic heterocycles. The molecule has 1 heterocycles. The maximum absolute atomic E-state index is 12.8. The van der Waals surface area contributed by atoms with Gasteiger partial charge in [-0.25, -0.2) is 0 Å². The zero-order valence-corrected chi connectivity index (χ0v) is 10.3. The van der Waals surface area contributed by atoms with Gasteiger partial charge in [-0.2, -0.15) is 13.2 Å². The number of nitrogens with two attached hydrogens (primary N) is 1. The quantitative estimate of drug-likeness (QED) is 0.833. The van der Waals surface area contributed by atoms with Crippen molar-refractivity contribution in [3.63, 3.8) is 0 Å². The number of anilines is 1. The number of carbonyl (C=O) groups excluding carboxylic acids is 1. The SMILES string of the molecule is Nc1ccc2oc(C(=O)NC3(C(F)(F)F)CC3)cc2c1. The second kappa shape index (κ2) is 3.91. The monoisotopic (exact) mass is 284 g/mol. The van der Waals surface area contributed by atoms with E-state index in [1.54, 1.807) is 18.2 Å². The van der Waals surface area contributed by atoms with Crippen molar-refractivity contribution in [3.05, 3.63) is 30.0 Å². The highest BCUT2D eigenvalue weighted by Crippen LogP contribution is 2.49. The molecule has 3 N–H and O–H groups in total. The van der Waals surface area contributed by atoms with Gasteiger partial charge in [0.25, 0.3) is 5.91 Å². The number of furan rings is 1. The van der Waals surface area contributed by atoms with Crippen molar-refractivity contribution >= 4 is 22.6 Å². The minimum Gasteiger partial charge on any atom is -0.451 e. The van der Waals surface area contributed by atoms with E-state index < -0.39 is 17.6 Å². The Morgan fingerprint density at radius 1 is 1.30 bits per heavy atom. The molecule has 7 heteroatoms. The van der Waals surface area contributed by atoms with Crippen molar-refractivity contribution in [1.82, 2.24) is 5.32 Å². The van der Waals surface area contributed by atoms with Gasteiger partial charge >= 0.3 is 6.18 Å². The van der Waals surface area contributed by atoms with Crippen LogP contribution in [0.2, 0.25) is 0 Å². The summed E-state index contributed by atoms with van der Waals surface area (Å²) in [6.45, 7) is 0. The van der Waals surface area contributed by atoms with Crippen LogP contribution in [0, 0.1) is 0 Å². The molecule has 1 fully saturated rings. The van der Waals surface area contributed by atoms with Gasteiger partial charge in [0, 0.05) is 11.1 Å². The van der Waals surface area contributed by atoms with Crippen LogP contribution in [-0.4, -0.2) is 17.6 Å². The van der Waals surface area contributed by atoms with Crippen LogP contribution in [0.4, 0.5) is 18.9 Å². The predicted octanol–water partition coefficient (Wildman–Crippen LogP) is 2.84. The van der Waals surface area contributed by atoms with Gasteiger partial charge in [-0.3, -0.25) is 4.79 Å². The molecule has 1 aromatic carbocycles. The maximum Gasteiger partial charge on any atom is 0.411 e. The number of alkyl halides is 3. The van der Waals surface area contributed by atoms with E-state index in [2.05, 4.69) is 0 Å². The van der Waals surface area contributed by atoms with Gasteiger partial charge in [0.15, 0.2) is 5.76 Å². The molecule has 1 amide bonds. The van der Waals surface area contributed by atoms with Gasteiger partial charge < -0.3 is 15.5 Å². The van der Waals surface area contributed by atoms with Crippen LogP contribution in [0.25, 0.3) is 11.0 Å². The highest BCUT2D eigenvalue weighted by molar-refractivity contribution is 5.97. The Hall–Kier alpha value is -2.18. The van der Waals surface area contributed by atoms with Crippen molar-refractivity contribution in [2.75, 3.05) is 5.73 Å². The lowest BCUT2D eigenvalue weighted by atomic mass is 10.2. The molecular formula is C13H11F3N2O2. The standard InChI is InChI=1S/C13H11F3N2O2/c14-13(15,16)12(3-4-12)18-11(19)10-6-7-5-8(17)1-2-9(7)20-10/h1-2,5-6H,3-4,17H2,(H,18,19). The van der Waals surface area contributed by atoms with Crippen molar-refractivity contribution in [1.29, 1.82) is 0 Å². The Balaban J connectivity index is 1.86. The number of rotatable bonds is 2. The Morgan fingerprint density at radius 2 is 2.00 bits per heavy atom. The lowest BCUT2D eigenvalue weighted by Gasteiger charge is -2.19. The summed E-state index contributed by atoms with van der Waals surface area (Å²) in [6, 6.07) is 6.13. The average Bonchev–Trinajstić information content (AvgIpc) is 3.01. The van der Waals surface area contributed by atoms with Crippen LogP contribution < -0.4 is 11.1 Å². The topological polar surface area (TPSA) is 68.3 Å². The summed E-state index contributed by atoms with van der Waals surface area (Å²) in [7, 11) is 0. The molecule has 1 aliphatic rings. The first-order chi connectivity index (χ1) is 9.31. The van der Waals surface area contributed by atoms with Gasteiger partial charge in [-0.1, -0.05) is 0 Å². The number of nitrogens with one attached hydrogen (secondary N) is 1. The summed E-state index contributed by atoms with van der Waals surface area (Å²) in [6.07, 6.45) is -4.65. The van der Waals surface area contributed by atoms with Gasteiger partial charge in [-0.15, -0.1) is 0 Å². The van der Waals surface area contributed by atoms with Gasteiger partial charge in [-0.05, 0) is 37.1 Å². The zero-order valence-electron chi connectivity index (χ0n) is 10.3. The molecule has 1 aliphatic carbocycles. The summed E-state index contributed by atoms with van der Waals surface area (Å²) in [5.41, 5.74) is 4.38. The highest BCUT2D eigenvalue weighted by atomic mass is 19.4. The first-order valence-electron chi connectivity index (χ1n) is 5.99. The van der Waals surface area contributed by atoms with Crippen molar-refractivity contribution in [3.8, 4) is 0 Å². The first-order valence-corrected chi connectivity index (χ1v) is 5.99. The summed E-state index contributed by atoms with van der Waals surface area (Å²) in [5.74, 6) is -1.02. The number of nitrogen functional groups attached to an aromatic ring is 1. The van der Waals surface area contributed by atoms with E-state index in [1.165, 1.54) is 6.07 Å². The fraction of sp³-hybridized carbons (Fsp3) is 0.308. The molecule has 106 valence electrons. The van der Waals surface area contributed by atoms with Crippen molar-refractivity contribution in [2.45, 2.75) is 24.6 Å². The lowest BCUT2D eigenvalue weighted by molar-refractivity contribution is -0.163. The van der Waals surface area contributed by atoms with E-state index in [1.807, 2.05) is 5.32 Å². The Bertz CT molecular complexity index is 686. The largest absolute Gasteiger partial charge is 0.451 e. The van der Waals surface area contributed by atoms with Crippen LogP contribution in [0.1, 0.15) is 23.4 Å². The number of amides is 1. The van der Waals surface area contributed by atoms with E-state index in [9.17, 15) is 18.0 Å². The molecule has 4 nitrogen and oxygen atoms in total. The minimum atomic E-state index is -4.45. The van der Waals surface area contributed by atoms with Gasteiger partial charge in [0.1, 0.15) is 11.1 Å². The molecule has 3 rings (SSSR count). The van der Waals surface area contributed by atoms with Gasteiger partial charge in [0.2, 0.25) is 0 Å². The molecule has 0 spiro atoms. The van der Waals surface area contributed by atoms with E-state index >= 15 is 0 Å². The number of hydrogen-bond acceptors (Lipinski definition) is 3. The van der Waals surface area contributed by atoms with Crippen molar-refractivity contribution < 1.29 is 22.4 Å². The first kappa shape index (κ1) is 12.8. The smallest absolute Gasteiger partial charge is 0.411 e. The summed E-state index contributed by atoms with van der Waals surface area (Å²) < 4.78 is 43.5. The second-order valence-corrected chi connectivity index (χ2v) is 4.94. The fourth-order valence-corrected chi connectivity index (χ4v) is 2.06. The predicted molar refractivity (Wildman–Crippen MR) is 66.1 cm³/mol. The Labute approximate surface area is 111 Å². The highest BCUT2D eigenvalue weighted by Gasteiger charge is 2.64. The number of carbonyl (C=O) groups is 1. The second-order valence-electron chi connectivity index (χ2n) is 4.94. The van der Waals surface area contributed by atoms with Crippen LogP contribution in [-0.2, 0) is 0 Å². The Morgan fingerprint density at radius 3 is 2.60 bits per heavy atom. The molecular weight excluding hydrogens is 273 g/mol. The summed E-state index contributed by atoms with van der Waals surface area (Å²) in [5, 5.41) is 2.59. The molecule has 0 bridgehead atoms. The van der Waals surface area contributed by atoms with Crippen LogP contribution >= 0.6 is 0 Å². The van der Waals surface area contributed by atoms with Crippen LogP contribution in [0.5, 0.6) is 0 Å². The molecule has 20 heavy (non-hydrogen) atoms. The molecule has 0 unspecified atom stereocenters. The summed E-state index contributed by atoms with van der Waals surface area (Å²) in [4.78, 5) is 11.9. The number of benzene rings is 1. The number of halogens is 3. The van der Waals surface area contributed by atoms with Crippen LogP contribution in [0.15, 0.2) is 28.7 Å². The molecule has 1 aromatic heterocycles. The molecule has 0 saturated heterocycles. The van der Waals surface area contributed by atoms with Crippen LogP contribution in [0.3, 0.4) is 0 Å². The summed E-state index contributed by atoms with van der Waals surface area (Å²) >= 11 is 0. The van der Waals surface area contributed by atoms with E-state index in [0.717, 1.165) is 0 Å². The number of fused-ring (bicyclic) bond motifs is 1. The van der Waals surface area contributed by atoms with E-state index in [-0.39, 0.29) is 18.6 Å². The zero-order chi connectivity index (χ0) is 14.5. The molecule has 0 atom stereocenters. The molecule has 1 saturated carbocycles. The van der Waals surface area contributed by atoms with Crippen molar-refractivity contribution in [2.24, 2.45) is 0 Å². The lowest BCUT2D eigenvalue weighted by Crippen LogP contribution is -2.47. The third-order valence-corrected chi connectivity index (χ3v) is 3.41. The maximum atomic E-state index is 12.8. The van der Waals surface area contributed by atoms with Gasteiger partial charge in [0.05, 0.1) is 0 Å². The normalized spacial score (nSPS) is 17.1. The van der Waals surface area contributed by atoms with E-state index in [0.29, 0.717) is 16.7 Å². The number of hydrogen-bond donors (Lipinski definition) is 2. The molecule has 0 radical (unpaired) electrons.